The molecule has 120 valence electrons. The molecule has 2 aromatic rings. The first-order valence-corrected chi connectivity index (χ1v) is 8.90. The molecule has 23 heavy (non-hydrogen) atoms. The Kier molecular flexibility index (Phi) is 5.59. The van der Waals surface area contributed by atoms with E-state index in [1.807, 2.05) is 6.07 Å². The summed E-state index contributed by atoms with van der Waals surface area (Å²) in [6.07, 6.45) is 0. The van der Waals surface area contributed by atoms with Crippen molar-refractivity contribution in [1.82, 2.24) is 4.98 Å². The first-order valence-electron chi connectivity index (χ1n) is 7.19. The van der Waals surface area contributed by atoms with Crippen LogP contribution in [0.5, 0.6) is 5.75 Å². The van der Waals surface area contributed by atoms with Gasteiger partial charge in [0.2, 0.25) is 0 Å². The van der Waals surface area contributed by atoms with Crippen LogP contribution in [-0.2, 0) is 4.74 Å². The molecular formula is C17H18N2O3Se. The van der Waals surface area contributed by atoms with Gasteiger partial charge in [-0.25, -0.2) is 0 Å². The van der Waals surface area contributed by atoms with E-state index in [0.717, 1.165) is 10.1 Å². The monoisotopic (exact) mass is 378 g/mol. The van der Waals surface area contributed by atoms with E-state index in [0.29, 0.717) is 34.0 Å². The molecule has 6 heteroatoms. The molecule has 0 bridgehead atoms. The second-order valence-electron chi connectivity index (χ2n) is 5.45. The van der Waals surface area contributed by atoms with Crippen molar-refractivity contribution in [3.05, 3.63) is 33.9 Å². The van der Waals surface area contributed by atoms with Gasteiger partial charge in [-0.1, -0.05) is 0 Å². The van der Waals surface area contributed by atoms with Crippen molar-refractivity contribution in [2.24, 2.45) is 5.92 Å². The van der Waals surface area contributed by atoms with Gasteiger partial charge in [-0.2, -0.15) is 0 Å². The average Bonchev–Trinajstić information content (AvgIpc) is 2.93. The molecule has 1 aromatic carbocycles. The van der Waals surface area contributed by atoms with Crippen LogP contribution in [0.3, 0.4) is 0 Å². The topological polar surface area (TPSA) is 72.2 Å². The van der Waals surface area contributed by atoms with Gasteiger partial charge >= 0.3 is 141 Å². The van der Waals surface area contributed by atoms with Crippen LogP contribution in [0.1, 0.15) is 34.3 Å². The third kappa shape index (κ3) is 4.01. The Balaban J connectivity index is 2.34. The van der Waals surface area contributed by atoms with Crippen molar-refractivity contribution in [2.75, 3.05) is 13.7 Å². The molecule has 0 aliphatic heterocycles. The average molecular weight is 377 g/mol. The first kappa shape index (κ1) is 17.3. The number of nitrogens with zero attached hydrogens (tertiary/aromatic N) is 2. The number of carbonyl (C=O) groups is 1. The van der Waals surface area contributed by atoms with Crippen LogP contribution >= 0.6 is 0 Å². The van der Waals surface area contributed by atoms with E-state index in [1.54, 1.807) is 19.1 Å². The number of nitriles is 1. The molecule has 0 amide bonds. The number of carbonyl (C=O) groups excluding carboxylic acids is 1. The van der Waals surface area contributed by atoms with Gasteiger partial charge in [0.1, 0.15) is 0 Å². The van der Waals surface area contributed by atoms with E-state index in [9.17, 15) is 10.1 Å². The fraction of sp³-hybridized carbons (Fsp3) is 0.353. The molecule has 0 saturated heterocycles. The van der Waals surface area contributed by atoms with Crippen LogP contribution in [0, 0.1) is 24.2 Å². The number of methoxy groups -OCH3 is 1. The van der Waals surface area contributed by atoms with E-state index < -0.39 is 0 Å². The van der Waals surface area contributed by atoms with Crippen molar-refractivity contribution in [3.8, 4) is 22.0 Å². The van der Waals surface area contributed by atoms with Crippen molar-refractivity contribution >= 4 is 20.5 Å². The summed E-state index contributed by atoms with van der Waals surface area (Å²) < 4.78 is 11.9. The minimum atomic E-state index is -0.335. The molecule has 0 N–H and O–H groups in total. The zero-order valence-electron chi connectivity index (χ0n) is 13.5. The maximum absolute atomic E-state index is 11.7. The van der Waals surface area contributed by atoms with Crippen LogP contribution in [0.25, 0.3) is 10.1 Å². The number of hydrogen-bond acceptors (Lipinski definition) is 5. The molecule has 0 saturated carbocycles. The van der Waals surface area contributed by atoms with Gasteiger partial charge in [-0.15, -0.1) is 0 Å². The molecule has 0 spiro atoms. The van der Waals surface area contributed by atoms with E-state index in [2.05, 4.69) is 24.9 Å². The molecule has 0 unspecified atom stereocenters. The van der Waals surface area contributed by atoms with Crippen LogP contribution in [-0.4, -0.2) is 39.2 Å². The molecule has 1 heterocycles. The van der Waals surface area contributed by atoms with E-state index in [-0.39, 0.29) is 20.5 Å². The van der Waals surface area contributed by atoms with Crippen molar-refractivity contribution in [3.63, 3.8) is 0 Å². The number of rotatable bonds is 5. The quantitative estimate of drug-likeness (QED) is 0.592. The van der Waals surface area contributed by atoms with Crippen LogP contribution in [0.2, 0.25) is 0 Å². The Morgan fingerprint density at radius 1 is 1.43 bits per heavy atom. The fourth-order valence-corrected chi connectivity index (χ4v) is 3.99. The molecule has 5 nitrogen and oxygen atoms in total. The second-order valence-corrected chi connectivity index (χ2v) is 7.55. The molecule has 1 aromatic heterocycles. The molecule has 0 radical (unpaired) electrons. The number of esters is 1. The van der Waals surface area contributed by atoms with Gasteiger partial charge in [0.25, 0.3) is 0 Å². The summed E-state index contributed by atoms with van der Waals surface area (Å²) >= 11 is -0.218. The minimum absolute atomic E-state index is 0.218. The van der Waals surface area contributed by atoms with Crippen molar-refractivity contribution < 1.29 is 14.3 Å². The van der Waals surface area contributed by atoms with Crippen molar-refractivity contribution in [1.29, 1.82) is 5.26 Å². The van der Waals surface area contributed by atoms with Gasteiger partial charge in [-0.3, -0.25) is 0 Å². The maximum atomic E-state index is 11.7. The number of ether oxygens (including phenoxy) is 2. The van der Waals surface area contributed by atoms with E-state index in [4.69, 9.17) is 9.47 Å². The zero-order chi connectivity index (χ0) is 17.0. The molecule has 0 aliphatic carbocycles. The summed E-state index contributed by atoms with van der Waals surface area (Å²) in [5, 5.41) is 9.33. The Hall–Kier alpha value is -2.09. The van der Waals surface area contributed by atoms with Gasteiger partial charge in [0.15, 0.2) is 0 Å². The zero-order valence-corrected chi connectivity index (χ0v) is 15.3. The van der Waals surface area contributed by atoms with Crippen LogP contribution in [0.4, 0.5) is 0 Å². The summed E-state index contributed by atoms with van der Waals surface area (Å²) in [5.41, 5.74) is 2.01. The normalized spacial score (nSPS) is 10.4. The molecular weight excluding hydrogens is 359 g/mol. The number of aryl methyl sites for hydroxylation is 1. The second kappa shape index (κ2) is 7.45. The fourth-order valence-electron chi connectivity index (χ4n) is 1.93. The van der Waals surface area contributed by atoms with E-state index in [1.165, 1.54) is 7.11 Å². The van der Waals surface area contributed by atoms with Crippen molar-refractivity contribution in [2.45, 2.75) is 20.8 Å². The number of benzene rings is 1. The Morgan fingerprint density at radius 3 is 2.78 bits per heavy atom. The summed E-state index contributed by atoms with van der Waals surface area (Å²) in [4.78, 5) is 16.2. The predicted octanol–water partition coefficient (Wildman–Crippen LogP) is 2.81. The SMILES string of the molecule is COC(=O)c1[se]c(-c2ccc(OCC(C)C)c(C#N)c2)nc1C. The van der Waals surface area contributed by atoms with Crippen LogP contribution in [0.15, 0.2) is 18.2 Å². The van der Waals surface area contributed by atoms with Gasteiger partial charge in [0, 0.05) is 0 Å². The van der Waals surface area contributed by atoms with E-state index >= 15 is 0 Å². The van der Waals surface area contributed by atoms with Gasteiger partial charge < -0.3 is 0 Å². The van der Waals surface area contributed by atoms with Gasteiger partial charge in [-0.05, 0) is 0 Å². The third-order valence-corrected chi connectivity index (χ3v) is 5.58. The number of aromatic nitrogens is 1. The Morgan fingerprint density at radius 2 is 2.17 bits per heavy atom. The third-order valence-electron chi connectivity index (χ3n) is 3.09. The predicted molar refractivity (Wildman–Crippen MR) is 87.7 cm³/mol. The summed E-state index contributed by atoms with van der Waals surface area (Å²) in [7, 11) is 1.37. The summed E-state index contributed by atoms with van der Waals surface area (Å²) in [6, 6.07) is 7.60. The molecule has 0 aliphatic rings. The number of hydrogen-bond donors (Lipinski definition) is 0. The Bertz CT molecular complexity index is 760. The summed E-state index contributed by atoms with van der Waals surface area (Å²) in [6.45, 7) is 6.47. The molecule has 0 fully saturated rings. The first-order chi connectivity index (χ1) is 11.0. The molecule has 0 atom stereocenters. The van der Waals surface area contributed by atoms with Gasteiger partial charge in [0.05, 0.1) is 0 Å². The van der Waals surface area contributed by atoms with Crippen LogP contribution < -0.4 is 4.74 Å². The Labute approximate surface area is 141 Å². The summed E-state index contributed by atoms with van der Waals surface area (Å²) in [5.74, 6) is 0.630. The standard InChI is InChI=1S/C17H18N2O3Se/c1-10(2)9-22-14-6-5-12(7-13(14)8-18)16-19-11(3)15(23-16)17(20)21-4/h5-7,10H,9H2,1-4H3. The molecule has 2 rings (SSSR count).